The molecule has 0 heterocycles. The lowest BCUT2D eigenvalue weighted by molar-refractivity contribution is -0.143. The number of esters is 1. The van der Waals surface area contributed by atoms with E-state index in [0.29, 0.717) is 19.4 Å². The van der Waals surface area contributed by atoms with Crippen molar-refractivity contribution in [1.82, 2.24) is 5.32 Å². The number of hydrogen-bond donors (Lipinski definition) is 3. The number of ether oxygens (including phenoxy) is 1. The van der Waals surface area contributed by atoms with Crippen LogP contribution in [-0.4, -0.2) is 47.4 Å². The van der Waals surface area contributed by atoms with Gasteiger partial charge in [0, 0.05) is 12.8 Å². The van der Waals surface area contributed by atoms with Gasteiger partial charge in [-0.05, 0) is 89.9 Å². The lowest BCUT2D eigenvalue weighted by Gasteiger charge is -2.20. The van der Waals surface area contributed by atoms with Crippen molar-refractivity contribution in [3.63, 3.8) is 0 Å². The molecule has 0 saturated heterocycles. The van der Waals surface area contributed by atoms with Crippen LogP contribution in [0.1, 0.15) is 296 Å². The van der Waals surface area contributed by atoms with Gasteiger partial charge in [0.1, 0.15) is 0 Å². The summed E-state index contributed by atoms with van der Waals surface area (Å²) in [6.45, 7) is 4.80. The Morgan fingerprint density at radius 2 is 0.758 bits per heavy atom. The maximum Gasteiger partial charge on any atom is 0.305 e. The summed E-state index contributed by atoms with van der Waals surface area (Å²) in [6, 6.07) is -0.655. The number of nitrogens with one attached hydrogen (secondary N) is 1. The largest absolute Gasteiger partial charge is 0.466 e. The van der Waals surface area contributed by atoms with Crippen LogP contribution in [0.3, 0.4) is 0 Å². The molecule has 0 bridgehead atoms. The minimum Gasteiger partial charge on any atom is -0.466 e. The Labute approximate surface area is 410 Å². The summed E-state index contributed by atoms with van der Waals surface area (Å²) in [6.07, 6.45) is 69.9. The van der Waals surface area contributed by atoms with Crippen LogP contribution in [0.15, 0.2) is 48.6 Å². The van der Waals surface area contributed by atoms with Crippen molar-refractivity contribution in [2.45, 2.75) is 309 Å². The molecule has 66 heavy (non-hydrogen) atoms. The van der Waals surface area contributed by atoms with E-state index in [-0.39, 0.29) is 18.5 Å². The van der Waals surface area contributed by atoms with Crippen molar-refractivity contribution in [2.24, 2.45) is 0 Å². The van der Waals surface area contributed by atoms with E-state index in [4.69, 9.17) is 4.74 Å². The summed E-state index contributed by atoms with van der Waals surface area (Å²) in [5.74, 6) is -0.145. The van der Waals surface area contributed by atoms with Crippen LogP contribution in [0.5, 0.6) is 0 Å². The van der Waals surface area contributed by atoms with Gasteiger partial charge in [-0.3, -0.25) is 9.59 Å². The quantitative estimate of drug-likeness (QED) is 0.0321. The fraction of sp³-hybridized carbons (Fsp3) is 0.833. The highest BCUT2D eigenvalue weighted by atomic mass is 16.5. The Hall–Kier alpha value is -2.18. The van der Waals surface area contributed by atoms with Gasteiger partial charge in [0.15, 0.2) is 0 Å². The number of allylic oxidation sites excluding steroid dienone is 7. The number of aliphatic hydroxyl groups excluding tert-OH is 2. The second kappa shape index (κ2) is 55.4. The second-order valence-corrected chi connectivity index (χ2v) is 19.6. The zero-order valence-electron chi connectivity index (χ0n) is 43.9. The average molecular weight is 927 g/mol. The summed E-state index contributed by atoms with van der Waals surface area (Å²) in [7, 11) is 0. The lowest BCUT2D eigenvalue weighted by atomic mass is 10.0. The summed E-state index contributed by atoms with van der Waals surface area (Å²) in [5, 5.41) is 23.1. The summed E-state index contributed by atoms with van der Waals surface area (Å²) in [4.78, 5) is 24.5. The predicted octanol–water partition coefficient (Wildman–Crippen LogP) is 17.8. The van der Waals surface area contributed by atoms with Crippen LogP contribution in [0.2, 0.25) is 0 Å². The van der Waals surface area contributed by atoms with Gasteiger partial charge in [-0.1, -0.05) is 242 Å². The third kappa shape index (κ3) is 51.2. The highest BCUT2D eigenvalue weighted by Gasteiger charge is 2.18. The van der Waals surface area contributed by atoms with Crippen LogP contribution in [0.4, 0.5) is 0 Å². The summed E-state index contributed by atoms with van der Waals surface area (Å²) in [5.41, 5.74) is 0. The third-order valence-electron chi connectivity index (χ3n) is 13.1. The fourth-order valence-electron chi connectivity index (χ4n) is 8.60. The second-order valence-electron chi connectivity index (χ2n) is 19.6. The first kappa shape index (κ1) is 63.8. The van der Waals surface area contributed by atoms with Gasteiger partial charge < -0.3 is 20.3 Å². The van der Waals surface area contributed by atoms with Gasteiger partial charge in [0.2, 0.25) is 5.91 Å². The molecule has 0 aromatic rings. The van der Waals surface area contributed by atoms with E-state index in [1.54, 1.807) is 6.08 Å². The number of carbonyl (C=O) groups is 2. The smallest absolute Gasteiger partial charge is 0.305 e. The molecule has 6 nitrogen and oxygen atoms in total. The number of amides is 1. The van der Waals surface area contributed by atoms with Crippen LogP contribution in [-0.2, 0) is 14.3 Å². The SMILES string of the molecule is CCCCC/C=C\C/C=C\CCCCCCCCCCCC(=O)OCCCC/C=C\CCCCCCC(=O)NC(CO)C(O)/C=C/CCCCCCCCCCCCCCCCCCCC. The molecule has 0 aromatic heterocycles. The van der Waals surface area contributed by atoms with Crippen molar-refractivity contribution in [3.8, 4) is 0 Å². The van der Waals surface area contributed by atoms with Gasteiger partial charge in [0.25, 0.3) is 0 Å². The van der Waals surface area contributed by atoms with Gasteiger partial charge in [-0.25, -0.2) is 0 Å². The van der Waals surface area contributed by atoms with Crippen molar-refractivity contribution in [2.75, 3.05) is 13.2 Å². The molecule has 0 aliphatic heterocycles. The van der Waals surface area contributed by atoms with Crippen LogP contribution < -0.4 is 5.32 Å². The summed E-state index contributed by atoms with van der Waals surface area (Å²) < 4.78 is 5.45. The van der Waals surface area contributed by atoms with E-state index in [1.165, 1.54) is 186 Å². The van der Waals surface area contributed by atoms with Crippen molar-refractivity contribution < 1.29 is 24.5 Å². The number of carbonyl (C=O) groups excluding carboxylic acids is 2. The number of rotatable bonds is 53. The molecule has 2 atom stereocenters. The molecule has 0 aromatic carbocycles. The Balaban J connectivity index is 3.55. The maximum atomic E-state index is 12.5. The highest BCUT2D eigenvalue weighted by Crippen LogP contribution is 2.16. The normalized spacial score (nSPS) is 13.0. The highest BCUT2D eigenvalue weighted by molar-refractivity contribution is 5.76. The number of hydrogen-bond acceptors (Lipinski definition) is 5. The maximum absolute atomic E-state index is 12.5. The molecule has 0 aliphatic carbocycles. The van der Waals surface area contributed by atoms with Gasteiger partial charge in [-0.2, -0.15) is 0 Å². The molecule has 3 N–H and O–H groups in total. The number of unbranched alkanes of at least 4 members (excludes halogenated alkanes) is 36. The van der Waals surface area contributed by atoms with E-state index in [1.807, 2.05) is 6.08 Å². The molecule has 0 saturated carbocycles. The van der Waals surface area contributed by atoms with Crippen molar-refractivity contribution >= 4 is 11.9 Å². The first-order valence-corrected chi connectivity index (χ1v) is 28.9. The van der Waals surface area contributed by atoms with Crippen LogP contribution in [0.25, 0.3) is 0 Å². The van der Waals surface area contributed by atoms with Gasteiger partial charge in [-0.15, -0.1) is 0 Å². The molecule has 0 aliphatic rings. The monoisotopic (exact) mass is 926 g/mol. The van der Waals surface area contributed by atoms with E-state index in [9.17, 15) is 19.8 Å². The fourth-order valence-corrected chi connectivity index (χ4v) is 8.60. The molecule has 0 fully saturated rings. The van der Waals surface area contributed by atoms with Crippen molar-refractivity contribution in [3.05, 3.63) is 48.6 Å². The van der Waals surface area contributed by atoms with Crippen molar-refractivity contribution in [1.29, 1.82) is 0 Å². The average Bonchev–Trinajstić information content (AvgIpc) is 3.32. The molecular weight excluding hydrogens is 815 g/mol. The van der Waals surface area contributed by atoms with Crippen LogP contribution in [0, 0.1) is 0 Å². The molecule has 386 valence electrons. The lowest BCUT2D eigenvalue weighted by Crippen LogP contribution is -2.45. The first-order valence-electron chi connectivity index (χ1n) is 28.9. The molecule has 0 spiro atoms. The molecule has 0 radical (unpaired) electrons. The first-order chi connectivity index (χ1) is 32.5. The zero-order valence-corrected chi connectivity index (χ0v) is 43.9. The molecular formula is C60H111NO5. The summed E-state index contributed by atoms with van der Waals surface area (Å²) >= 11 is 0. The minimum atomic E-state index is -0.868. The predicted molar refractivity (Wildman–Crippen MR) is 287 cm³/mol. The van der Waals surface area contributed by atoms with Gasteiger partial charge >= 0.3 is 5.97 Å². The van der Waals surface area contributed by atoms with Gasteiger partial charge in [0.05, 0.1) is 25.4 Å². The third-order valence-corrected chi connectivity index (χ3v) is 13.1. The molecule has 0 rings (SSSR count). The van der Waals surface area contributed by atoms with E-state index in [2.05, 4.69) is 55.6 Å². The van der Waals surface area contributed by atoms with E-state index in [0.717, 1.165) is 83.5 Å². The molecule has 1 amide bonds. The minimum absolute atomic E-state index is 0.0423. The zero-order chi connectivity index (χ0) is 47.9. The molecule has 6 heteroatoms. The van der Waals surface area contributed by atoms with E-state index < -0.39 is 12.1 Å². The number of aliphatic hydroxyl groups is 2. The Morgan fingerprint density at radius 1 is 0.424 bits per heavy atom. The standard InChI is InChI=1S/C60H111NO5/c1-3-5-7-9-11-13-15-17-19-21-23-25-26-28-30-32-36-40-44-48-52-58(63)57(56-62)61-59(64)53-49-45-41-37-34-35-39-43-47-51-55-66-60(65)54-50-46-42-38-33-31-29-27-24-22-20-18-16-14-12-10-8-6-4-2/h12,14,18,20,35,39,48,52,57-58,62-63H,3-11,13,15-17,19,21-34,36-38,40-47,49-51,53-56H2,1-2H3,(H,61,64)/b14-12-,20-18-,39-35-,52-48+. The molecule has 2 unspecified atom stereocenters. The van der Waals surface area contributed by atoms with Crippen LogP contribution >= 0.6 is 0 Å². The topological polar surface area (TPSA) is 95.9 Å². The Kier molecular flexibility index (Phi) is 53.6. The Morgan fingerprint density at radius 3 is 1.20 bits per heavy atom. The van der Waals surface area contributed by atoms with E-state index >= 15 is 0 Å². The Bertz CT molecular complexity index is 1110.